The lowest BCUT2D eigenvalue weighted by atomic mass is 9.74. The van der Waals surface area contributed by atoms with Crippen LogP contribution < -0.4 is 14.2 Å². The van der Waals surface area contributed by atoms with Gasteiger partial charge in [0, 0.05) is 28.5 Å². The number of Topliss-reactive ketones (excluding diaryl/α,β-unsaturated/α-hetero) is 1. The van der Waals surface area contributed by atoms with Crippen molar-refractivity contribution >= 4 is 27.9 Å². The summed E-state index contributed by atoms with van der Waals surface area (Å²) in [4.78, 5) is 18.3. The number of methoxy groups -OCH3 is 2. The van der Waals surface area contributed by atoms with Crippen LogP contribution >= 0.6 is 0 Å². The molecule has 0 N–H and O–H groups in total. The van der Waals surface area contributed by atoms with Gasteiger partial charge in [0.25, 0.3) is 0 Å². The maximum absolute atomic E-state index is 13.3. The number of rotatable bonds is 4. The molecule has 0 unspecified atom stereocenters. The summed E-state index contributed by atoms with van der Waals surface area (Å²) in [6.45, 7) is 4.24. The molecule has 180 valence electrons. The van der Waals surface area contributed by atoms with Crippen LogP contribution in [0.4, 0.5) is 0 Å². The Labute approximate surface area is 210 Å². The number of carbonyl (C=O) groups is 1. The number of carbonyl (C=O) groups excluding carboxylic acids is 1. The monoisotopic (exact) mass is 477 g/mol. The van der Waals surface area contributed by atoms with Crippen molar-refractivity contribution in [2.24, 2.45) is 5.41 Å². The average molecular weight is 478 g/mol. The van der Waals surface area contributed by atoms with Gasteiger partial charge in [0.15, 0.2) is 5.78 Å². The van der Waals surface area contributed by atoms with Gasteiger partial charge < -0.3 is 14.2 Å². The second-order valence-electron chi connectivity index (χ2n) is 10.2. The molecule has 1 aromatic heterocycles. The number of benzene rings is 3. The molecule has 5 nitrogen and oxygen atoms in total. The van der Waals surface area contributed by atoms with E-state index in [2.05, 4.69) is 19.9 Å². The van der Waals surface area contributed by atoms with E-state index in [0.717, 1.165) is 68.0 Å². The molecule has 0 amide bonds. The Balaban J connectivity index is 1.64. The lowest BCUT2D eigenvalue weighted by Crippen LogP contribution is -2.28. The molecule has 1 aliphatic heterocycles. The summed E-state index contributed by atoms with van der Waals surface area (Å²) in [5, 5.41) is 1.79. The van der Waals surface area contributed by atoms with E-state index in [9.17, 15) is 4.79 Å². The van der Waals surface area contributed by atoms with E-state index in [0.29, 0.717) is 12.3 Å². The number of ether oxygens (including phenoxy) is 3. The summed E-state index contributed by atoms with van der Waals surface area (Å²) in [5.41, 5.74) is 5.28. The minimum absolute atomic E-state index is 0.132. The van der Waals surface area contributed by atoms with Crippen LogP contribution in [0.5, 0.6) is 17.4 Å². The molecule has 1 aliphatic carbocycles. The number of pyridine rings is 1. The molecule has 0 saturated heterocycles. The van der Waals surface area contributed by atoms with Gasteiger partial charge in [-0.25, -0.2) is 4.98 Å². The van der Waals surface area contributed by atoms with Gasteiger partial charge in [-0.15, -0.1) is 0 Å². The molecule has 5 heteroatoms. The number of aromatic nitrogens is 1. The summed E-state index contributed by atoms with van der Waals surface area (Å²) in [6.07, 6.45) is 1.25. The standard InChI is InChI=1S/C31H27NO4/c1-31(2)16-24-28(25(33)17-31)23-7-5-6-22-26(18-8-12-20(34-3)13-9-18)29(36-30(32-24)27(22)23)19-10-14-21(35-4)15-11-19/h5-15H,16-17H2,1-4H3. The van der Waals surface area contributed by atoms with Crippen LogP contribution in [0, 0.1) is 5.41 Å². The average Bonchev–Trinajstić information content (AvgIpc) is 2.87. The third kappa shape index (κ3) is 3.54. The van der Waals surface area contributed by atoms with E-state index in [1.54, 1.807) is 14.2 Å². The van der Waals surface area contributed by atoms with Gasteiger partial charge >= 0.3 is 0 Å². The van der Waals surface area contributed by atoms with Crippen LogP contribution in [-0.4, -0.2) is 25.0 Å². The minimum atomic E-state index is -0.132. The Bertz CT molecular complexity index is 1550. The molecule has 2 aliphatic rings. The maximum atomic E-state index is 13.3. The molecule has 0 atom stereocenters. The number of ketones is 1. The maximum Gasteiger partial charge on any atom is 0.228 e. The number of hydrogen-bond donors (Lipinski definition) is 0. The smallest absolute Gasteiger partial charge is 0.228 e. The lowest BCUT2D eigenvalue weighted by molar-refractivity contribution is 0.0912. The zero-order valence-electron chi connectivity index (χ0n) is 20.8. The summed E-state index contributed by atoms with van der Waals surface area (Å²) < 4.78 is 17.4. The first kappa shape index (κ1) is 22.4. The van der Waals surface area contributed by atoms with E-state index in [1.807, 2.05) is 60.7 Å². The molecule has 0 spiro atoms. The lowest BCUT2D eigenvalue weighted by Gasteiger charge is -2.32. The van der Waals surface area contributed by atoms with Crippen LogP contribution in [0.2, 0.25) is 0 Å². The van der Waals surface area contributed by atoms with Crippen molar-refractivity contribution in [3.63, 3.8) is 0 Å². The van der Waals surface area contributed by atoms with Crippen LogP contribution in [0.1, 0.15) is 53.0 Å². The highest BCUT2D eigenvalue weighted by Gasteiger charge is 2.36. The number of hydrogen-bond acceptors (Lipinski definition) is 5. The van der Waals surface area contributed by atoms with Gasteiger partial charge in [-0.2, -0.15) is 0 Å². The quantitative estimate of drug-likeness (QED) is 0.327. The summed E-state index contributed by atoms with van der Waals surface area (Å²) >= 11 is 0. The molecule has 6 rings (SSSR count). The Morgan fingerprint density at radius 2 is 1.47 bits per heavy atom. The first-order valence-corrected chi connectivity index (χ1v) is 12.1. The second-order valence-corrected chi connectivity index (χ2v) is 10.2. The molecule has 0 bridgehead atoms. The minimum Gasteiger partial charge on any atom is -0.497 e. The Kier molecular flexibility index (Phi) is 5.11. The van der Waals surface area contributed by atoms with Gasteiger partial charge in [-0.3, -0.25) is 4.79 Å². The molecule has 0 saturated carbocycles. The van der Waals surface area contributed by atoms with Crippen molar-refractivity contribution in [1.29, 1.82) is 0 Å². The first-order valence-electron chi connectivity index (χ1n) is 12.1. The van der Waals surface area contributed by atoms with E-state index in [-0.39, 0.29) is 11.2 Å². The Hall–Kier alpha value is -4.12. The van der Waals surface area contributed by atoms with E-state index >= 15 is 0 Å². The third-order valence-corrected chi connectivity index (χ3v) is 7.06. The zero-order valence-corrected chi connectivity index (χ0v) is 20.8. The largest absolute Gasteiger partial charge is 0.497 e. The van der Waals surface area contributed by atoms with Gasteiger partial charge in [-0.1, -0.05) is 44.2 Å². The van der Waals surface area contributed by atoms with Gasteiger partial charge in [-0.05, 0) is 59.4 Å². The molecule has 0 radical (unpaired) electrons. The second kappa shape index (κ2) is 8.23. The van der Waals surface area contributed by atoms with Gasteiger partial charge in [0.2, 0.25) is 5.88 Å². The Morgan fingerprint density at radius 3 is 2.11 bits per heavy atom. The van der Waals surface area contributed by atoms with Crippen LogP contribution in [0.25, 0.3) is 22.1 Å². The number of fused-ring (bicyclic) bond motifs is 2. The molecular formula is C31H27NO4. The summed E-state index contributed by atoms with van der Waals surface area (Å²) in [5.74, 6) is 2.97. The highest BCUT2D eigenvalue weighted by atomic mass is 16.5. The number of nitrogens with zero attached hydrogens (tertiary/aromatic N) is 1. The third-order valence-electron chi connectivity index (χ3n) is 7.06. The fourth-order valence-electron chi connectivity index (χ4n) is 5.40. The van der Waals surface area contributed by atoms with Crippen molar-refractivity contribution in [2.45, 2.75) is 26.7 Å². The van der Waals surface area contributed by atoms with E-state index in [4.69, 9.17) is 19.2 Å². The highest BCUT2D eigenvalue weighted by molar-refractivity contribution is 6.16. The highest BCUT2D eigenvalue weighted by Crippen LogP contribution is 2.48. The predicted molar refractivity (Wildman–Crippen MR) is 141 cm³/mol. The summed E-state index contributed by atoms with van der Waals surface area (Å²) in [7, 11) is 3.31. The molecule has 2 heterocycles. The molecule has 4 aromatic rings. The van der Waals surface area contributed by atoms with Crippen LogP contribution in [0.15, 0.2) is 66.7 Å². The van der Waals surface area contributed by atoms with Crippen molar-refractivity contribution in [3.8, 4) is 17.4 Å². The van der Waals surface area contributed by atoms with Crippen LogP contribution in [-0.2, 0) is 6.42 Å². The van der Waals surface area contributed by atoms with Gasteiger partial charge in [0.05, 0.1) is 25.3 Å². The van der Waals surface area contributed by atoms with Crippen molar-refractivity contribution in [2.75, 3.05) is 14.2 Å². The van der Waals surface area contributed by atoms with E-state index in [1.165, 1.54) is 0 Å². The zero-order chi connectivity index (χ0) is 25.0. The predicted octanol–water partition coefficient (Wildman–Crippen LogP) is 6.72. The van der Waals surface area contributed by atoms with Crippen molar-refractivity contribution < 1.29 is 19.0 Å². The van der Waals surface area contributed by atoms with Gasteiger partial charge in [0.1, 0.15) is 17.3 Å². The van der Waals surface area contributed by atoms with Crippen molar-refractivity contribution in [3.05, 3.63) is 94.7 Å². The van der Waals surface area contributed by atoms with E-state index < -0.39 is 0 Å². The first-order chi connectivity index (χ1) is 17.4. The fourth-order valence-corrected chi connectivity index (χ4v) is 5.40. The molecule has 36 heavy (non-hydrogen) atoms. The Morgan fingerprint density at radius 1 is 0.833 bits per heavy atom. The molecule has 3 aromatic carbocycles. The molecule has 0 fully saturated rings. The van der Waals surface area contributed by atoms with Crippen LogP contribution in [0.3, 0.4) is 0 Å². The topological polar surface area (TPSA) is 57.6 Å². The SMILES string of the molecule is COc1ccc(C2=C(c3ccc(OC)cc3)c3cccc4c5c(nc(c34)O2)CC(C)(C)CC5=O)cc1. The van der Waals surface area contributed by atoms with Crippen molar-refractivity contribution in [1.82, 2.24) is 4.98 Å². The normalized spacial score (nSPS) is 15.9. The fraction of sp³-hybridized carbons (Fsp3) is 0.226. The summed E-state index contributed by atoms with van der Waals surface area (Å²) in [6, 6.07) is 21.9. The molecular weight excluding hydrogens is 450 g/mol.